The van der Waals surface area contributed by atoms with Gasteiger partial charge in [-0.15, -0.1) is 0 Å². The van der Waals surface area contributed by atoms with Crippen LogP contribution < -0.4 is 20.4 Å². The van der Waals surface area contributed by atoms with Crippen LogP contribution in [0.4, 0.5) is 17.6 Å². The molecule has 0 atom stereocenters. The fraction of sp³-hybridized carbons (Fsp3) is 0.706. The van der Waals surface area contributed by atoms with E-state index >= 15 is 0 Å². The molecule has 0 amide bonds. The third-order valence-electron chi connectivity index (χ3n) is 4.76. The molecule has 0 radical (unpaired) electrons. The lowest BCUT2D eigenvalue weighted by molar-refractivity contribution is 0.573. The molecule has 2 aliphatic rings. The van der Waals surface area contributed by atoms with E-state index in [0.29, 0.717) is 11.1 Å². The topological polar surface area (TPSA) is 56.3 Å². The molecule has 0 unspecified atom stereocenters. The van der Waals surface area contributed by atoms with Crippen molar-refractivity contribution in [1.82, 2.24) is 15.3 Å². The van der Waals surface area contributed by atoms with Crippen LogP contribution in [0.5, 0.6) is 0 Å². The van der Waals surface area contributed by atoms with E-state index in [1.807, 2.05) is 0 Å². The molecule has 1 aromatic heterocycles. The first kappa shape index (κ1) is 17.2. The Balaban J connectivity index is 1.87. The zero-order chi connectivity index (χ0) is 16.8. The number of rotatable bonds is 3. The Morgan fingerprint density at radius 3 is 1.79 bits per heavy atom. The van der Waals surface area contributed by atoms with Crippen molar-refractivity contribution in [1.29, 1.82) is 0 Å². The first-order valence-electron chi connectivity index (χ1n) is 9.14. The number of hydrogen-bond donors (Lipinski definition) is 2. The quantitative estimate of drug-likeness (QED) is 0.815. The van der Waals surface area contributed by atoms with Crippen LogP contribution in [0.3, 0.4) is 0 Å². The van der Waals surface area contributed by atoms with E-state index in [1.54, 1.807) is 7.05 Å². The van der Waals surface area contributed by atoms with Gasteiger partial charge in [0.1, 0.15) is 11.6 Å². The SMILES string of the molecule is CNC(=S)Nc1nc(N2CCCCCC2)cc(N2CCCCC2)n1. The Bertz CT molecular complexity index is 550. The van der Waals surface area contributed by atoms with Crippen molar-refractivity contribution >= 4 is 34.9 Å². The number of hydrogen-bond acceptors (Lipinski definition) is 5. The van der Waals surface area contributed by atoms with E-state index in [1.165, 1.54) is 44.9 Å². The van der Waals surface area contributed by atoms with Gasteiger partial charge < -0.3 is 20.4 Å². The van der Waals surface area contributed by atoms with Crippen LogP contribution in [0.25, 0.3) is 0 Å². The predicted molar refractivity (Wildman–Crippen MR) is 104 cm³/mol. The van der Waals surface area contributed by atoms with Crippen molar-refractivity contribution in [3.63, 3.8) is 0 Å². The van der Waals surface area contributed by atoms with Gasteiger partial charge in [-0.1, -0.05) is 12.8 Å². The molecule has 24 heavy (non-hydrogen) atoms. The minimum absolute atomic E-state index is 0.549. The van der Waals surface area contributed by atoms with Gasteiger partial charge in [-0.25, -0.2) is 0 Å². The molecule has 2 N–H and O–H groups in total. The van der Waals surface area contributed by atoms with Gasteiger partial charge in [0.25, 0.3) is 0 Å². The van der Waals surface area contributed by atoms with Crippen molar-refractivity contribution in [2.24, 2.45) is 0 Å². The number of aromatic nitrogens is 2. The molecule has 0 bridgehead atoms. The Labute approximate surface area is 150 Å². The summed E-state index contributed by atoms with van der Waals surface area (Å²) in [6.45, 7) is 4.30. The van der Waals surface area contributed by atoms with Crippen LogP contribution in [0.1, 0.15) is 44.9 Å². The maximum Gasteiger partial charge on any atom is 0.232 e. The lowest BCUT2D eigenvalue weighted by atomic mass is 10.1. The van der Waals surface area contributed by atoms with E-state index in [0.717, 1.165) is 37.8 Å². The Kier molecular flexibility index (Phi) is 6.07. The molecule has 0 aliphatic carbocycles. The first-order valence-corrected chi connectivity index (χ1v) is 9.55. The monoisotopic (exact) mass is 348 g/mol. The van der Waals surface area contributed by atoms with Gasteiger partial charge in [-0.3, -0.25) is 0 Å². The molecule has 3 heterocycles. The maximum atomic E-state index is 5.23. The lowest BCUT2D eigenvalue weighted by Gasteiger charge is -2.29. The molecular weight excluding hydrogens is 320 g/mol. The summed E-state index contributed by atoms with van der Waals surface area (Å²) in [5, 5.41) is 6.59. The standard InChI is InChI=1S/C17H28N6S/c1-18-17(24)21-16-19-14(22-9-5-2-3-6-10-22)13-15(20-16)23-11-7-4-8-12-23/h13H,2-12H2,1H3,(H2,18,19,20,21,24). The summed E-state index contributed by atoms with van der Waals surface area (Å²) in [5.74, 6) is 2.64. The van der Waals surface area contributed by atoms with Gasteiger partial charge in [-0.05, 0) is 44.3 Å². The first-order chi connectivity index (χ1) is 11.8. The number of nitrogens with zero attached hydrogens (tertiary/aromatic N) is 4. The average molecular weight is 349 g/mol. The molecule has 2 fully saturated rings. The van der Waals surface area contributed by atoms with Crippen molar-refractivity contribution in [2.75, 3.05) is 48.3 Å². The van der Waals surface area contributed by atoms with E-state index in [4.69, 9.17) is 22.2 Å². The van der Waals surface area contributed by atoms with Crippen LogP contribution in [0, 0.1) is 0 Å². The predicted octanol–water partition coefficient (Wildman–Crippen LogP) is 2.76. The van der Waals surface area contributed by atoms with E-state index in [9.17, 15) is 0 Å². The summed E-state index contributed by atoms with van der Waals surface area (Å²) < 4.78 is 0. The summed E-state index contributed by atoms with van der Waals surface area (Å²) in [5.41, 5.74) is 0. The fourth-order valence-electron chi connectivity index (χ4n) is 3.39. The minimum Gasteiger partial charge on any atom is -0.365 e. The van der Waals surface area contributed by atoms with Crippen LogP contribution in [0.15, 0.2) is 6.07 Å². The van der Waals surface area contributed by atoms with Crippen molar-refractivity contribution in [3.05, 3.63) is 6.07 Å². The Hall–Kier alpha value is -1.63. The summed E-state index contributed by atoms with van der Waals surface area (Å²) in [6, 6.07) is 2.16. The Morgan fingerprint density at radius 2 is 1.33 bits per heavy atom. The normalized spacial score (nSPS) is 18.9. The largest absolute Gasteiger partial charge is 0.365 e. The number of thiocarbonyl (C=S) groups is 1. The summed E-state index contributed by atoms with van der Waals surface area (Å²) >= 11 is 5.23. The van der Waals surface area contributed by atoms with E-state index in [-0.39, 0.29) is 0 Å². The number of nitrogens with one attached hydrogen (secondary N) is 2. The fourth-order valence-corrected chi connectivity index (χ4v) is 3.48. The molecule has 2 saturated heterocycles. The van der Waals surface area contributed by atoms with Gasteiger partial charge in [0.15, 0.2) is 5.11 Å². The van der Waals surface area contributed by atoms with Crippen LogP contribution >= 0.6 is 12.2 Å². The second-order valence-electron chi connectivity index (χ2n) is 6.56. The number of anilines is 3. The highest BCUT2D eigenvalue weighted by Crippen LogP contribution is 2.25. The highest BCUT2D eigenvalue weighted by atomic mass is 32.1. The van der Waals surface area contributed by atoms with Gasteiger partial charge in [-0.2, -0.15) is 9.97 Å². The van der Waals surface area contributed by atoms with Gasteiger partial charge in [0.05, 0.1) is 0 Å². The molecule has 1 aromatic rings. The molecule has 0 spiro atoms. The Morgan fingerprint density at radius 1 is 0.875 bits per heavy atom. The van der Waals surface area contributed by atoms with Crippen molar-refractivity contribution < 1.29 is 0 Å². The van der Waals surface area contributed by atoms with Gasteiger partial charge in [0.2, 0.25) is 5.95 Å². The molecule has 132 valence electrons. The van der Waals surface area contributed by atoms with Crippen molar-refractivity contribution in [3.8, 4) is 0 Å². The summed E-state index contributed by atoms with van der Waals surface area (Å²) in [4.78, 5) is 14.2. The molecule has 3 rings (SSSR count). The van der Waals surface area contributed by atoms with Crippen LogP contribution in [0.2, 0.25) is 0 Å². The highest BCUT2D eigenvalue weighted by Gasteiger charge is 2.18. The lowest BCUT2D eigenvalue weighted by Crippen LogP contribution is -2.32. The second kappa shape index (κ2) is 8.46. The van der Waals surface area contributed by atoms with Crippen LogP contribution in [-0.2, 0) is 0 Å². The summed E-state index contributed by atoms with van der Waals surface area (Å²) in [6.07, 6.45) is 8.89. The molecule has 0 aromatic carbocycles. The zero-order valence-corrected chi connectivity index (χ0v) is 15.4. The maximum absolute atomic E-state index is 5.23. The minimum atomic E-state index is 0.549. The molecule has 7 heteroatoms. The van der Waals surface area contributed by atoms with Gasteiger partial charge >= 0.3 is 0 Å². The summed E-state index contributed by atoms with van der Waals surface area (Å²) in [7, 11) is 1.81. The molecule has 0 saturated carbocycles. The molecule has 6 nitrogen and oxygen atoms in total. The smallest absolute Gasteiger partial charge is 0.232 e. The van der Waals surface area contributed by atoms with Crippen LogP contribution in [-0.4, -0.2) is 48.3 Å². The third kappa shape index (κ3) is 4.47. The second-order valence-corrected chi connectivity index (χ2v) is 6.97. The zero-order valence-electron chi connectivity index (χ0n) is 14.6. The average Bonchev–Trinajstić information content (AvgIpc) is 2.91. The highest BCUT2D eigenvalue weighted by molar-refractivity contribution is 7.80. The van der Waals surface area contributed by atoms with Gasteiger partial charge in [0, 0.05) is 39.3 Å². The molecule has 2 aliphatic heterocycles. The van der Waals surface area contributed by atoms with E-state index in [2.05, 4.69) is 26.5 Å². The number of piperidine rings is 1. The van der Waals surface area contributed by atoms with Crippen molar-refractivity contribution in [2.45, 2.75) is 44.9 Å². The van der Waals surface area contributed by atoms with E-state index < -0.39 is 0 Å². The molecular formula is C17H28N6S. The third-order valence-corrected chi connectivity index (χ3v) is 5.07.